The van der Waals surface area contributed by atoms with Crippen molar-refractivity contribution in [1.29, 1.82) is 0 Å². The van der Waals surface area contributed by atoms with Crippen molar-refractivity contribution in [2.45, 2.75) is 19.6 Å². The minimum Gasteiger partial charge on any atom is -0.145 e. The molecular formula is C13H15BrSSi. The van der Waals surface area contributed by atoms with Crippen LogP contribution in [0.2, 0.25) is 19.6 Å². The molecule has 0 aliphatic heterocycles. The van der Waals surface area contributed by atoms with Gasteiger partial charge in [0, 0.05) is 9.35 Å². The molecule has 0 fully saturated rings. The summed E-state index contributed by atoms with van der Waals surface area (Å²) in [6.45, 7) is 7.18. The number of hydrogen-bond acceptors (Lipinski definition) is 1. The highest BCUT2D eigenvalue weighted by Gasteiger charge is 2.18. The van der Waals surface area contributed by atoms with Gasteiger partial charge in [-0.25, -0.2) is 0 Å². The van der Waals surface area contributed by atoms with Gasteiger partial charge in [0.2, 0.25) is 0 Å². The Bertz CT molecular complexity index is 479. The Morgan fingerprint density at radius 2 is 1.56 bits per heavy atom. The lowest BCUT2D eigenvalue weighted by Gasteiger charge is -2.12. The van der Waals surface area contributed by atoms with Crippen molar-refractivity contribution in [2.24, 2.45) is 0 Å². The molecule has 0 atom stereocenters. The van der Waals surface area contributed by atoms with E-state index in [0.717, 1.165) is 4.47 Å². The molecular weight excluding hydrogens is 296 g/mol. The molecule has 0 amide bonds. The van der Waals surface area contributed by atoms with E-state index in [4.69, 9.17) is 0 Å². The molecule has 0 spiro atoms. The third-order valence-electron chi connectivity index (χ3n) is 2.47. The summed E-state index contributed by atoms with van der Waals surface area (Å²) < 4.78 is 2.71. The van der Waals surface area contributed by atoms with E-state index in [-0.39, 0.29) is 0 Å². The molecule has 0 radical (unpaired) electrons. The maximum absolute atomic E-state index is 3.47. The Balaban J connectivity index is 2.35. The van der Waals surface area contributed by atoms with Crippen molar-refractivity contribution >= 4 is 39.8 Å². The largest absolute Gasteiger partial charge is 0.145 e. The van der Waals surface area contributed by atoms with Gasteiger partial charge in [-0.05, 0) is 28.3 Å². The summed E-state index contributed by atoms with van der Waals surface area (Å²) in [5.74, 6) is 0. The van der Waals surface area contributed by atoms with Gasteiger partial charge in [0.1, 0.15) is 0 Å². The fraction of sp³-hybridized carbons (Fsp3) is 0.231. The topological polar surface area (TPSA) is 0 Å². The second-order valence-corrected chi connectivity index (χ2v) is 12.3. The van der Waals surface area contributed by atoms with E-state index in [2.05, 4.69) is 72.0 Å². The van der Waals surface area contributed by atoms with Crippen molar-refractivity contribution < 1.29 is 0 Å². The van der Waals surface area contributed by atoms with Crippen LogP contribution in [0.25, 0.3) is 10.4 Å². The lowest BCUT2D eigenvalue weighted by Crippen LogP contribution is -2.34. The van der Waals surface area contributed by atoms with Gasteiger partial charge in [-0.15, -0.1) is 11.3 Å². The number of thiophene rings is 1. The first-order valence-corrected chi connectivity index (χ1v) is 10.4. The van der Waals surface area contributed by atoms with E-state index in [0.29, 0.717) is 0 Å². The first-order valence-electron chi connectivity index (χ1n) is 5.33. The van der Waals surface area contributed by atoms with Crippen LogP contribution in [-0.4, -0.2) is 8.07 Å². The van der Waals surface area contributed by atoms with Gasteiger partial charge in [-0.1, -0.05) is 53.8 Å². The van der Waals surface area contributed by atoms with Gasteiger partial charge in [0.15, 0.2) is 0 Å². The van der Waals surface area contributed by atoms with Gasteiger partial charge in [-0.3, -0.25) is 0 Å². The van der Waals surface area contributed by atoms with E-state index in [1.807, 2.05) is 11.3 Å². The van der Waals surface area contributed by atoms with Crippen LogP contribution in [0.1, 0.15) is 0 Å². The lowest BCUT2D eigenvalue weighted by atomic mass is 10.2. The van der Waals surface area contributed by atoms with Gasteiger partial charge in [0.05, 0.1) is 8.07 Å². The molecule has 16 heavy (non-hydrogen) atoms. The van der Waals surface area contributed by atoms with Crippen molar-refractivity contribution in [3.63, 3.8) is 0 Å². The molecule has 1 heterocycles. The minimum atomic E-state index is -1.15. The van der Waals surface area contributed by atoms with Gasteiger partial charge < -0.3 is 0 Å². The maximum atomic E-state index is 3.47. The fourth-order valence-corrected chi connectivity index (χ4v) is 4.68. The number of benzene rings is 1. The molecule has 3 heteroatoms. The van der Waals surface area contributed by atoms with Crippen LogP contribution in [0.15, 0.2) is 40.9 Å². The van der Waals surface area contributed by atoms with E-state index in [1.54, 1.807) is 4.50 Å². The van der Waals surface area contributed by atoms with Crippen molar-refractivity contribution in [3.8, 4) is 10.4 Å². The second-order valence-electron chi connectivity index (χ2n) is 4.92. The summed E-state index contributed by atoms with van der Waals surface area (Å²) in [7, 11) is -1.15. The van der Waals surface area contributed by atoms with E-state index < -0.39 is 8.07 Å². The highest BCUT2D eigenvalue weighted by atomic mass is 79.9. The Morgan fingerprint density at radius 1 is 0.938 bits per heavy atom. The first-order chi connectivity index (χ1) is 7.47. The molecule has 0 aliphatic carbocycles. The molecule has 1 aromatic heterocycles. The predicted octanol–water partition coefficient (Wildman–Crippen LogP) is 4.72. The van der Waals surface area contributed by atoms with Crippen LogP contribution in [0, 0.1) is 0 Å². The average molecular weight is 311 g/mol. The fourth-order valence-electron chi connectivity index (χ4n) is 1.51. The van der Waals surface area contributed by atoms with Crippen LogP contribution >= 0.6 is 27.3 Å². The van der Waals surface area contributed by atoms with Crippen LogP contribution in [0.3, 0.4) is 0 Å². The van der Waals surface area contributed by atoms with Crippen LogP contribution in [-0.2, 0) is 0 Å². The zero-order valence-corrected chi connectivity index (χ0v) is 13.2. The third kappa shape index (κ3) is 2.65. The molecule has 0 saturated heterocycles. The van der Waals surface area contributed by atoms with Crippen molar-refractivity contribution in [1.82, 2.24) is 0 Å². The van der Waals surface area contributed by atoms with E-state index >= 15 is 0 Å². The zero-order valence-electron chi connectivity index (χ0n) is 9.75. The molecule has 2 rings (SSSR count). The standard InChI is InChI=1S/C13H15BrSSi/c1-16(2,3)13-9-8-12(15-13)10-4-6-11(14)7-5-10/h4-9H,1-3H3. The van der Waals surface area contributed by atoms with E-state index in [1.165, 1.54) is 10.4 Å². The zero-order chi connectivity index (χ0) is 11.8. The van der Waals surface area contributed by atoms with Crippen molar-refractivity contribution in [3.05, 3.63) is 40.9 Å². The summed E-state index contributed by atoms with van der Waals surface area (Å²) in [6, 6.07) is 13.1. The molecule has 84 valence electrons. The minimum absolute atomic E-state index is 1.14. The molecule has 0 aliphatic rings. The van der Waals surface area contributed by atoms with Gasteiger partial charge in [0.25, 0.3) is 0 Å². The molecule has 2 aromatic rings. The highest BCUT2D eigenvalue weighted by Crippen LogP contribution is 2.26. The Labute approximate surface area is 110 Å². The Morgan fingerprint density at radius 3 is 2.06 bits per heavy atom. The normalized spacial score (nSPS) is 11.8. The first kappa shape index (κ1) is 12.1. The van der Waals surface area contributed by atoms with Gasteiger partial charge in [-0.2, -0.15) is 0 Å². The quantitative estimate of drug-likeness (QED) is 0.704. The lowest BCUT2D eigenvalue weighted by molar-refractivity contribution is 1.65. The summed E-state index contributed by atoms with van der Waals surface area (Å²) >= 11 is 5.41. The average Bonchev–Trinajstić information content (AvgIpc) is 2.67. The molecule has 1 aromatic carbocycles. The van der Waals surface area contributed by atoms with Crippen LogP contribution in [0.4, 0.5) is 0 Å². The molecule has 0 N–H and O–H groups in total. The van der Waals surface area contributed by atoms with E-state index in [9.17, 15) is 0 Å². The second kappa shape index (κ2) is 4.47. The SMILES string of the molecule is C[Si](C)(C)c1ccc(-c2ccc(Br)cc2)s1. The predicted molar refractivity (Wildman–Crippen MR) is 80.4 cm³/mol. The Hall–Kier alpha value is -0.383. The number of rotatable bonds is 2. The smallest absolute Gasteiger partial charge is 0.0904 e. The molecule has 0 bridgehead atoms. The molecule has 0 saturated carbocycles. The van der Waals surface area contributed by atoms with Gasteiger partial charge >= 0.3 is 0 Å². The van der Waals surface area contributed by atoms with Crippen LogP contribution in [0.5, 0.6) is 0 Å². The third-order valence-corrected chi connectivity index (χ3v) is 7.74. The summed E-state index contributed by atoms with van der Waals surface area (Å²) in [6.07, 6.45) is 0. The number of hydrogen-bond donors (Lipinski definition) is 0. The summed E-state index contributed by atoms with van der Waals surface area (Å²) in [5, 5.41) is 0. The van der Waals surface area contributed by atoms with Crippen LogP contribution < -0.4 is 4.50 Å². The summed E-state index contributed by atoms with van der Waals surface area (Å²) in [5.41, 5.74) is 1.32. The van der Waals surface area contributed by atoms with Crippen molar-refractivity contribution in [2.75, 3.05) is 0 Å². The maximum Gasteiger partial charge on any atom is 0.0904 e. The summed E-state index contributed by atoms with van der Waals surface area (Å²) in [4.78, 5) is 1.38. The molecule has 0 unspecified atom stereocenters. The Kier molecular flexibility index (Phi) is 3.38. The molecule has 0 nitrogen and oxygen atoms in total. The highest BCUT2D eigenvalue weighted by molar-refractivity contribution is 9.10. The monoisotopic (exact) mass is 310 g/mol. The number of halogens is 1.